The van der Waals surface area contributed by atoms with Crippen LogP contribution in [0.5, 0.6) is 0 Å². The first kappa shape index (κ1) is 15.6. The number of nitrogens with zero attached hydrogens (tertiary/aromatic N) is 4. The third kappa shape index (κ3) is 3.12. The molecule has 0 atom stereocenters. The van der Waals surface area contributed by atoms with Crippen molar-refractivity contribution < 1.29 is 10.1 Å². The molecule has 11 nitrogen and oxygen atoms in total. The molecule has 116 valence electrons. The Bertz CT molecular complexity index is 1010. The zero-order chi connectivity index (χ0) is 17.0. The Morgan fingerprint density at radius 1 is 1.17 bits per heavy atom. The van der Waals surface area contributed by atoms with E-state index in [-0.39, 0.29) is 11.4 Å². The molecule has 0 aliphatic rings. The van der Waals surface area contributed by atoms with E-state index < -0.39 is 32.2 Å². The Balaban J connectivity index is 2.55. The van der Waals surface area contributed by atoms with Gasteiger partial charge in [0, 0.05) is 18.2 Å². The summed E-state index contributed by atoms with van der Waals surface area (Å²) >= 11 is 0. The van der Waals surface area contributed by atoms with Crippen LogP contribution in [0.2, 0.25) is 0 Å². The molecule has 0 amide bonds. The quantitative estimate of drug-likeness (QED) is 0.341. The molecule has 0 aliphatic carbocycles. The molecule has 0 aromatic heterocycles. The van der Waals surface area contributed by atoms with Crippen LogP contribution in [0.3, 0.4) is 0 Å². The van der Waals surface area contributed by atoms with Gasteiger partial charge in [-0.3, -0.25) is 25.1 Å². The van der Waals surface area contributed by atoms with Gasteiger partial charge in [0.15, 0.2) is 5.69 Å². The number of nitroso groups, excluding NO2 is 1. The summed E-state index contributed by atoms with van der Waals surface area (Å²) in [5, 5.41) is 26.6. The number of rotatable bonds is 4. The highest BCUT2D eigenvalue weighted by molar-refractivity contribution is 5.50. The maximum Gasteiger partial charge on any atom is 0.271 e. The topological polar surface area (TPSA) is 164 Å². The Morgan fingerprint density at radius 3 is 2.52 bits per heavy atom. The molecular formula is C12H7N5O6. The van der Waals surface area contributed by atoms with Gasteiger partial charge in [0.25, 0.3) is 5.69 Å². The summed E-state index contributed by atoms with van der Waals surface area (Å²) in [5.74, 6) is 0. The fourth-order valence-corrected chi connectivity index (χ4v) is 1.66. The molecule has 0 heterocycles. The number of non-ortho nitro benzene ring substituents is 1. The van der Waals surface area contributed by atoms with E-state index in [4.69, 9.17) is 5.21 Å². The van der Waals surface area contributed by atoms with Gasteiger partial charge < -0.3 is 5.21 Å². The second-order valence-corrected chi connectivity index (χ2v) is 4.14. The smallest absolute Gasteiger partial charge is 0.271 e. The Morgan fingerprint density at radius 2 is 1.91 bits per heavy atom. The van der Waals surface area contributed by atoms with E-state index in [1.165, 1.54) is 18.2 Å². The van der Waals surface area contributed by atoms with Gasteiger partial charge in [-0.1, -0.05) is 11.2 Å². The van der Waals surface area contributed by atoms with Crippen LogP contribution in [0.4, 0.5) is 17.1 Å². The van der Waals surface area contributed by atoms with Crippen molar-refractivity contribution in [2.45, 2.75) is 0 Å². The van der Waals surface area contributed by atoms with E-state index in [0.717, 1.165) is 12.1 Å². The van der Waals surface area contributed by atoms with Crippen LogP contribution in [0, 0.1) is 15.0 Å². The van der Waals surface area contributed by atoms with Gasteiger partial charge in [-0.05, 0) is 11.2 Å². The first-order valence-corrected chi connectivity index (χ1v) is 5.92. The molecule has 0 saturated heterocycles. The first-order chi connectivity index (χ1) is 11.0. The van der Waals surface area contributed by atoms with Crippen molar-refractivity contribution in [3.63, 3.8) is 0 Å². The zero-order valence-corrected chi connectivity index (χ0v) is 11.2. The minimum absolute atomic E-state index is 0.188. The number of nitrogens with one attached hydrogen (secondary N) is 1. The predicted octanol–water partition coefficient (Wildman–Crippen LogP) is -0.194. The van der Waals surface area contributed by atoms with Gasteiger partial charge in [-0.2, -0.15) is 5.10 Å². The number of nitro benzene ring substituents is 1. The Hall–Kier alpha value is -3.76. The highest BCUT2D eigenvalue weighted by Crippen LogP contribution is 2.16. The fourth-order valence-electron chi connectivity index (χ4n) is 1.66. The molecule has 0 spiro atoms. The highest BCUT2D eigenvalue weighted by atomic mass is 16.6. The second kappa shape index (κ2) is 6.34. The van der Waals surface area contributed by atoms with Crippen LogP contribution in [0.15, 0.2) is 55.4 Å². The van der Waals surface area contributed by atoms with Gasteiger partial charge in [-0.15, -0.1) is 4.91 Å². The minimum Gasteiger partial charge on any atom is -0.410 e. The fraction of sp³-hybridized carbons (Fsp3) is 0. The van der Waals surface area contributed by atoms with Crippen LogP contribution in [0.1, 0.15) is 0 Å². The van der Waals surface area contributed by atoms with Crippen molar-refractivity contribution >= 4 is 17.1 Å². The molecule has 0 unspecified atom stereocenters. The van der Waals surface area contributed by atoms with Crippen molar-refractivity contribution in [1.82, 2.24) is 0 Å². The maximum atomic E-state index is 11.8. The zero-order valence-electron chi connectivity index (χ0n) is 11.2. The molecule has 0 fully saturated rings. The van der Waals surface area contributed by atoms with Crippen molar-refractivity contribution in [1.29, 1.82) is 0 Å². The molecule has 0 saturated carbocycles. The third-order valence-corrected chi connectivity index (χ3v) is 2.73. The van der Waals surface area contributed by atoms with Gasteiger partial charge in [0.05, 0.1) is 10.6 Å². The maximum absolute atomic E-state index is 11.8. The van der Waals surface area contributed by atoms with E-state index in [1.807, 2.05) is 0 Å². The van der Waals surface area contributed by atoms with Crippen LogP contribution < -0.4 is 27.0 Å². The molecule has 0 radical (unpaired) electrons. The number of anilines is 1. The van der Waals surface area contributed by atoms with Crippen molar-refractivity contribution in [3.8, 4) is 0 Å². The van der Waals surface area contributed by atoms with Crippen LogP contribution in [0.25, 0.3) is 0 Å². The van der Waals surface area contributed by atoms with E-state index in [2.05, 4.69) is 20.9 Å². The average molecular weight is 317 g/mol. The minimum atomic E-state index is -1.12. The summed E-state index contributed by atoms with van der Waals surface area (Å²) < 4.78 is 0. The van der Waals surface area contributed by atoms with Crippen LogP contribution >= 0.6 is 0 Å². The Labute approximate surface area is 125 Å². The molecule has 2 aromatic carbocycles. The standard InChI is InChI=1S/C12H7N5O6/c18-11-8(5-9(15-20)12(19)10(11)16-21)14-13-6-2-1-3-7(4-6)17(22)23/h1-5,13,21H. The number of hydrogen-bond donors (Lipinski definition) is 2. The van der Waals surface area contributed by atoms with Crippen LogP contribution in [-0.4, -0.2) is 10.1 Å². The predicted molar refractivity (Wildman–Crippen MR) is 76.4 cm³/mol. The van der Waals surface area contributed by atoms with E-state index in [9.17, 15) is 24.6 Å². The second-order valence-electron chi connectivity index (χ2n) is 4.14. The summed E-state index contributed by atoms with van der Waals surface area (Å²) in [5.41, 5.74) is -0.450. The number of nitro groups is 1. The molecule has 11 heteroatoms. The normalized spacial score (nSPS) is 12.2. The average Bonchev–Trinajstić information content (AvgIpc) is 2.55. The largest absolute Gasteiger partial charge is 0.410 e. The van der Waals surface area contributed by atoms with E-state index in [0.29, 0.717) is 0 Å². The molecule has 23 heavy (non-hydrogen) atoms. The van der Waals surface area contributed by atoms with Crippen LogP contribution in [-0.2, 0) is 0 Å². The third-order valence-electron chi connectivity index (χ3n) is 2.73. The number of hydrogen-bond acceptors (Lipinski definition) is 10. The summed E-state index contributed by atoms with van der Waals surface area (Å²) in [6, 6.07) is 6.07. The molecule has 2 N–H and O–H groups in total. The van der Waals surface area contributed by atoms with Gasteiger partial charge in [0.2, 0.25) is 16.2 Å². The molecule has 2 rings (SSSR count). The van der Waals surface area contributed by atoms with Gasteiger partial charge in [0.1, 0.15) is 5.36 Å². The van der Waals surface area contributed by atoms with Gasteiger partial charge in [-0.25, -0.2) is 0 Å². The number of benzene rings is 2. The Kier molecular flexibility index (Phi) is 4.31. The monoisotopic (exact) mass is 317 g/mol. The molecule has 0 bridgehead atoms. The van der Waals surface area contributed by atoms with Crippen molar-refractivity contribution in [3.05, 3.63) is 76.5 Å². The summed E-state index contributed by atoms with van der Waals surface area (Å²) in [6.07, 6.45) is 0. The van der Waals surface area contributed by atoms with Crippen molar-refractivity contribution in [2.24, 2.45) is 15.4 Å². The summed E-state index contributed by atoms with van der Waals surface area (Å²) in [6.45, 7) is 0. The van der Waals surface area contributed by atoms with E-state index in [1.54, 1.807) is 0 Å². The SMILES string of the molecule is O=Nc1cc(=NNc2cccc([N+](=O)[O-])c2)c(=O)c(=NO)c1=O. The lowest BCUT2D eigenvalue weighted by Gasteiger charge is -1.99. The molecular weight excluding hydrogens is 310 g/mol. The molecule has 0 aliphatic heterocycles. The lowest BCUT2D eigenvalue weighted by molar-refractivity contribution is -0.384. The lowest BCUT2D eigenvalue weighted by Crippen LogP contribution is -2.47. The highest BCUT2D eigenvalue weighted by Gasteiger charge is 2.09. The lowest BCUT2D eigenvalue weighted by atomic mass is 10.3. The molecule has 2 aromatic rings. The first-order valence-electron chi connectivity index (χ1n) is 5.92. The summed E-state index contributed by atoms with van der Waals surface area (Å²) in [4.78, 5) is 43.9. The summed E-state index contributed by atoms with van der Waals surface area (Å²) in [7, 11) is 0. The van der Waals surface area contributed by atoms with Gasteiger partial charge >= 0.3 is 0 Å². The van der Waals surface area contributed by atoms with Crippen molar-refractivity contribution in [2.75, 3.05) is 5.43 Å². The van der Waals surface area contributed by atoms with E-state index >= 15 is 0 Å².